The van der Waals surface area contributed by atoms with Crippen molar-refractivity contribution < 1.29 is 0 Å². The SMILES string of the molecule is CC([C@H]1[C@@H]2CNC[C@@H]21)n1ncnn1. The molecule has 0 bridgehead atoms. The van der Waals surface area contributed by atoms with Gasteiger partial charge in [0.05, 0.1) is 6.04 Å². The van der Waals surface area contributed by atoms with Gasteiger partial charge in [0, 0.05) is 0 Å². The minimum absolute atomic E-state index is 0.416. The standard InChI is InChI=1S/C8H13N5/c1-5(13-11-4-10-12-13)8-6-2-9-3-7(6)8/h4-9H,2-3H2,1H3/t5?,6-,7+,8+. The lowest BCUT2D eigenvalue weighted by Crippen LogP contribution is -2.20. The summed E-state index contributed by atoms with van der Waals surface area (Å²) < 4.78 is 0. The van der Waals surface area contributed by atoms with Gasteiger partial charge in [-0.3, -0.25) is 0 Å². The minimum atomic E-state index is 0.416. The van der Waals surface area contributed by atoms with E-state index in [2.05, 4.69) is 27.7 Å². The highest BCUT2D eigenvalue weighted by molar-refractivity contribution is 5.06. The fraction of sp³-hybridized carbons (Fsp3) is 0.875. The Hall–Kier alpha value is -0.970. The number of hydrogen-bond acceptors (Lipinski definition) is 4. The first kappa shape index (κ1) is 7.44. The molecule has 13 heavy (non-hydrogen) atoms. The topological polar surface area (TPSA) is 55.6 Å². The summed E-state index contributed by atoms with van der Waals surface area (Å²) >= 11 is 0. The van der Waals surface area contributed by atoms with Crippen molar-refractivity contribution in [2.24, 2.45) is 17.8 Å². The summed E-state index contributed by atoms with van der Waals surface area (Å²) in [6, 6.07) is 0.416. The molecule has 5 heteroatoms. The number of fused-ring (bicyclic) bond motifs is 1. The molecule has 3 rings (SSSR count). The highest BCUT2D eigenvalue weighted by atomic mass is 15.6. The van der Waals surface area contributed by atoms with Crippen LogP contribution in [-0.4, -0.2) is 33.3 Å². The quantitative estimate of drug-likeness (QED) is 0.677. The van der Waals surface area contributed by atoms with Crippen LogP contribution in [0.25, 0.3) is 0 Å². The lowest BCUT2D eigenvalue weighted by molar-refractivity contribution is 0.346. The highest BCUT2D eigenvalue weighted by Crippen LogP contribution is 2.54. The summed E-state index contributed by atoms with van der Waals surface area (Å²) in [6.45, 7) is 4.54. The van der Waals surface area contributed by atoms with E-state index >= 15 is 0 Å². The molecular formula is C8H13N5. The Balaban J connectivity index is 1.74. The molecule has 1 aliphatic carbocycles. The minimum Gasteiger partial charge on any atom is -0.316 e. The Morgan fingerprint density at radius 2 is 2.23 bits per heavy atom. The van der Waals surface area contributed by atoms with E-state index in [1.54, 1.807) is 4.80 Å². The molecule has 2 fully saturated rings. The average molecular weight is 179 g/mol. The fourth-order valence-corrected chi connectivity index (χ4v) is 2.70. The zero-order valence-corrected chi connectivity index (χ0v) is 7.59. The Labute approximate surface area is 76.5 Å². The molecule has 0 spiro atoms. The molecule has 1 aromatic rings. The molecule has 1 N–H and O–H groups in total. The summed E-state index contributed by atoms with van der Waals surface area (Å²) in [7, 11) is 0. The zero-order valence-electron chi connectivity index (χ0n) is 7.59. The van der Waals surface area contributed by atoms with Gasteiger partial charge in [0.15, 0.2) is 6.33 Å². The van der Waals surface area contributed by atoms with Crippen molar-refractivity contribution in [2.75, 3.05) is 13.1 Å². The van der Waals surface area contributed by atoms with E-state index in [1.165, 1.54) is 19.4 Å². The van der Waals surface area contributed by atoms with Gasteiger partial charge in [0.25, 0.3) is 0 Å². The summed E-state index contributed by atoms with van der Waals surface area (Å²) in [5, 5.41) is 15.1. The largest absolute Gasteiger partial charge is 0.316 e. The van der Waals surface area contributed by atoms with Crippen LogP contribution < -0.4 is 5.32 Å². The summed E-state index contributed by atoms with van der Waals surface area (Å²) in [6.07, 6.45) is 1.51. The molecule has 1 unspecified atom stereocenters. The van der Waals surface area contributed by atoms with E-state index < -0.39 is 0 Å². The normalized spacial score (nSPS) is 38.7. The molecule has 1 saturated carbocycles. The Kier molecular flexibility index (Phi) is 1.44. The lowest BCUT2D eigenvalue weighted by atomic mass is 10.1. The molecule has 0 amide bonds. The number of nitrogens with one attached hydrogen (secondary N) is 1. The van der Waals surface area contributed by atoms with Crippen LogP contribution in [-0.2, 0) is 0 Å². The van der Waals surface area contributed by atoms with Crippen LogP contribution in [0.4, 0.5) is 0 Å². The molecule has 1 aliphatic heterocycles. The summed E-state index contributed by atoms with van der Waals surface area (Å²) in [4.78, 5) is 1.74. The molecule has 1 aromatic heterocycles. The third-order valence-corrected chi connectivity index (χ3v) is 3.44. The highest BCUT2D eigenvalue weighted by Gasteiger charge is 2.56. The van der Waals surface area contributed by atoms with Crippen LogP contribution in [0.1, 0.15) is 13.0 Å². The summed E-state index contributed by atoms with van der Waals surface area (Å²) in [5.74, 6) is 2.50. The molecule has 0 radical (unpaired) electrons. The number of hydrogen-bond donors (Lipinski definition) is 1. The van der Waals surface area contributed by atoms with Gasteiger partial charge in [-0.05, 0) is 43.0 Å². The number of aromatic nitrogens is 4. The molecule has 2 aliphatic rings. The van der Waals surface area contributed by atoms with Crippen LogP contribution in [0, 0.1) is 17.8 Å². The van der Waals surface area contributed by atoms with E-state index in [4.69, 9.17) is 0 Å². The van der Waals surface area contributed by atoms with Gasteiger partial charge >= 0.3 is 0 Å². The van der Waals surface area contributed by atoms with E-state index in [9.17, 15) is 0 Å². The van der Waals surface area contributed by atoms with Crippen molar-refractivity contribution in [3.05, 3.63) is 6.33 Å². The molecular weight excluding hydrogens is 166 g/mol. The third kappa shape index (κ3) is 0.997. The summed E-state index contributed by atoms with van der Waals surface area (Å²) in [5.41, 5.74) is 0. The van der Waals surface area contributed by atoms with E-state index in [-0.39, 0.29) is 0 Å². The van der Waals surface area contributed by atoms with Crippen LogP contribution >= 0.6 is 0 Å². The van der Waals surface area contributed by atoms with Crippen LogP contribution in [0.3, 0.4) is 0 Å². The Bertz CT molecular complexity index is 285. The Morgan fingerprint density at radius 3 is 2.85 bits per heavy atom. The Morgan fingerprint density at radius 1 is 1.46 bits per heavy atom. The fourth-order valence-electron chi connectivity index (χ4n) is 2.70. The van der Waals surface area contributed by atoms with E-state index in [0.29, 0.717) is 6.04 Å². The maximum Gasteiger partial charge on any atom is 0.162 e. The van der Waals surface area contributed by atoms with Crippen molar-refractivity contribution in [3.63, 3.8) is 0 Å². The number of nitrogens with zero attached hydrogens (tertiary/aromatic N) is 4. The van der Waals surface area contributed by atoms with Crippen molar-refractivity contribution in [2.45, 2.75) is 13.0 Å². The first-order chi connectivity index (χ1) is 6.38. The van der Waals surface area contributed by atoms with E-state index in [1.807, 2.05) is 0 Å². The molecule has 2 heterocycles. The second-order valence-corrected chi connectivity index (χ2v) is 4.06. The van der Waals surface area contributed by atoms with Crippen molar-refractivity contribution in [1.29, 1.82) is 0 Å². The van der Waals surface area contributed by atoms with Gasteiger partial charge in [-0.1, -0.05) is 0 Å². The predicted octanol–water partition coefficient (Wildman–Crippen LogP) is -0.301. The monoisotopic (exact) mass is 179 g/mol. The van der Waals surface area contributed by atoms with E-state index in [0.717, 1.165) is 17.8 Å². The van der Waals surface area contributed by atoms with Crippen molar-refractivity contribution in [1.82, 2.24) is 25.5 Å². The molecule has 70 valence electrons. The van der Waals surface area contributed by atoms with Crippen LogP contribution in [0.2, 0.25) is 0 Å². The zero-order chi connectivity index (χ0) is 8.84. The second kappa shape index (κ2) is 2.51. The average Bonchev–Trinajstić information content (AvgIpc) is 2.68. The lowest BCUT2D eigenvalue weighted by Gasteiger charge is -2.11. The van der Waals surface area contributed by atoms with Crippen molar-refractivity contribution >= 4 is 0 Å². The van der Waals surface area contributed by atoms with Gasteiger partial charge in [-0.25, -0.2) is 0 Å². The maximum absolute atomic E-state index is 4.08. The molecule has 1 saturated heterocycles. The predicted molar refractivity (Wildman–Crippen MR) is 45.9 cm³/mol. The van der Waals surface area contributed by atoms with Crippen LogP contribution in [0.5, 0.6) is 0 Å². The van der Waals surface area contributed by atoms with Gasteiger partial charge in [-0.2, -0.15) is 4.80 Å². The first-order valence-corrected chi connectivity index (χ1v) is 4.81. The maximum atomic E-state index is 4.08. The molecule has 4 atom stereocenters. The number of piperidine rings is 1. The van der Waals surface area contributed by atoms with Gasteiger partial charge in [-0.15, -0.1) is 10.2 Å². The third-order valence-electron chi connectivity index (χ3n) is 3.44. The van der Waals surface area contributed by atoms with Crippen molar-refractivity contribution in [3.8, 4) is 0 Å². The molecule has 5 nitrogen and oxygen atoms in total. The number of tetrazole rings is 1. The smallest absolute Gasteiger partial charge is 0.162 e. The molecule has 0 aromatic carbocycles. The van der Waals surface area contributed by atoms with Gasteiger partial charge < -0.3 is 5.32 Å². The first-order valence-electron chi connectivity index (χ1n) is 4.81. The van der Waals surface area contributed by atoms with Crippen LogP contribution in [0.15, 0.2) is 6.33 Å². The second-order valence-electron chi connectivity index (χ2n) is 4.06. The van der Waals surface area contributed by atoms with Gasteiger partial charge in [0.1, 0.15) is 0 Å². The number of rotatable bonds is 2. The van der Waals surface area contributed by atoms with Gasteiger partial charge in [0.2, 0.25) is 0 Å².